The fraction of sp³-hybridized carbons (Fsp3) is 0.118. The number of nitrogens with two attached hydrogens (primary N) is 1. The number of amides is 1. The van der Waals surface area contributed by atoms with E-state index in [1.807, 2.05) is 0 Å². The number of hydrogen-bond donors (Lipinski definition) is 2. The van der Waals surface area contributed by atoms with Crippen molar-refractivity contribution in [1.29, 1.82) is 0 Å². The topological polar surface area (TPSA) is 85.8 Å². The molecule has 1 heterocycles. The van der Waals surface area contributed by atoms with Gasteiger partial charge in [0.05, 0.1) is 10.9 Å². The van der Waals surface area contributed by atoms with Crippen LogP contribution in [0.1, 0.15) is 6.92 Å². The van der Waals surface area contributed by atoms with Crippen molar-refractivity contribution in [3.8, 4) is 11.4 Å². The summed E-state index contributed by atoms with van der Waals surface area (Å²) < 4.78 is 40.8. The van der Waals surface area contributed by atoms with E-state index in [-0.39, 0.29) is 10.8 Å². The average molecular weight is 393 g/mol. The van der Waals surface area contributed by atoms with Crippen molar-refractivity contribution in [3.05, 3.63) is 59.9 Å². The molecule has 3 N–H and O–H groups in total. The lowest BCUT2D eigenvalue weighted by Crippen LogP contribution is -2.24. The second kappa shape index (κ2) is 7.70. The molecule has 27 heavy (non-hydrogen) atoms. The average Bonchev–Trinajstić information content (AvgIpc) is 2.98. The van der Waals surface area contributed by atoms with Gasteiger partial charge in [-0.1, -0.05) is 11.8 Å². The van der Waals surface area contributed by atoms with Gasteiger partial charge >= 0.3 is 0 Å². The van der Waals surface area contributed by atoms with Crippen LogP contribution >= 0.6 is 11.8 Å². The number of carbonyl (C=O) groups excluding carboxylic acids is 1. The molecule has 2 aromatic carbocycles. The normalized spacial score (nSPS) is 12.0. The number of hydrogen-bond acceptors (Lipinski definition) is 5. The molecule has 1 amide bonds. The number of benzene rings is 2. The molecule has 0 saturated carbocycles. The van der Waals surface area contributed by atoms with Gasteiger partial charge in [-0.05, 0) is 43.3 Å². The van der Waals surface area contributed by atoms with Gasteiger partial charge in [-0.25, -0.2) is 17.8 Å². The first kappa shape index (κ1) is 18.8. The van der Waals surface area contributed by atoms with Crippen molar-refractivity contribution in [3.63, 3.8) is 0 Å². The summed E-state index contributed by atoms with van der Waals surface area (Å²) in [5.74, 6) is 3.74. The quantitative estimate of drug-likeness (QED) is 0.514. The molecule has 1 atom stereocenters. The van der Waals surface area contributed by atoms with Crippen LogP contribution in [0.4, 0.5) is 18.9 Å². The van der Waals surface area contributed by atoms with E-state index in [1.54, 1.807) is 6.92 Å². The van der Waals surface area contributed by atoms with Crippen molar-refractivity contribution in [2.45, 2.75) is 17.3 Å². The van der Waals surface area contributed by atoms with Crippen molar-refractivity contribution in [2.75, 3.05) is 11.2 Å². The highest BCUT2D eigenvalue weighted by atomic mass is 32.2. The minimum atomic E-state index is -0.874. The molecule has 10 heteroatoms. The largest absolute Gasteiger partial charge is 0.335 e. The summed E-state index contributed by atoms with van der Waals surface area (Å²) >= 11 is 1.01. The van der Waals surface area contributed by atoms with Crippen molar-refractivity contribution >= 4 is 23.4 Å². The van der Waals surface area contributed by atoms with E-state index < -0.39 is 28.6 Å². The number of aromatic nitrogens is 3. The molecule has 3 aromatic rings. The Hall–Kier alpha value is -3.01. The number of thioether (sulfide) groups is 1. The Morgan fingerprint density at radius 3 is 2.44 bits per heavy atom. The van der Waals surface area contributed by atoms with Gasteiger partial charge in [0.25, 0.3) is 0 Å². The second-order valence-electron chi connectivity index (χ2n) is 5.56. The fourth-order valence-corrected chi connectivity index (χ4v) is 2.96. The zero-order valence-electron chi connectivity index (χ0n) is 14.0. The van der Waals surface area contributed by atoms with Gasteiger partial charge < -0.3 is 11.2 Å². The summed E-state index contributed by atoms with van der Waals surface area (Å²) in [6.07, 6.45) is 0. The van der Waals surface area contributed by atoms with Crippen molar-refractivity contribution < 1.29 is 18.0 Å². The van der Waals surface area contributed by atoms with Crippen LogP contribution in [-0.2, 0) is 4.79 Å². The molecule has 0 fully saturated rings. The van der Waals surface area contributed by atoms with Crippen LogP contribution in [0.15, 0.2) is 47.6 Å². The first-order valence-corrected chi connectivity index (χ1v) is 8.62. The molecular weight excluding hydrogens is 379 g/mol. The Morgan fingerprint density at radius 2 is 1.78 bits per heavy atom. The summed E-state index contributed by atoms with van der Waals surface area (Å²) in [7, 11) is 0. The summed E-state index contributed by atoms with van der Waals surface area (Å²) in [4.78, 5) is 12.2. The first-order chi connectivity index (χ1) is 12.8. The van der Waals surface area contributed by atoms with E-state index in [1.165, 1.54) is 28.9 Å². The second-order valence-corrected chi connectivity index (χ2v) is 6.86. The smallest absolute Gasteiger partial charge is 0.237 e. The van der Waals surface area contributed by atoms with Crippen LogP contribution < -0.4 is 11.2 Å². The molecule has 140 valence electrons. The maximum absolute atomic E-state index is 13.6. The third-order valence-corrected chi connectivity index (χ3v) is 4.66. The molecule has 0 unspecified atom stereocenters. The number of rotatable bonds is 5. The lowest BCUT2D eigenvalue weighted by atomic mass is 10.2. The number of anilines is 1. The predicted octanol–water partition coefficient (Wildman–Crippen LogP) is 3.20. The third-order valence-electron chi connectivity index (χ3n) is 3.61. The van der Waals surface area contributed by atoms with E-state index in [0.717, 1.165) is 23.9 Å². The van der Waals surface area contributed by atoms with Gasteiger partial charge in [0.1, 0.15) is 17.5 Å². The monoisotopic (exact) mass is 393 g/mol. The van der Waals surface area contributed by atoms with Gasteiger partial charge in [0, 0.05) is 11.6 Å². The zero-order valence-corrected chi connectivity index (χ0v) is 14.8. The van der Waals surface area contributed by atoms with Gasteiger partial charge in [0.15, 0.2) is 5.82 Å². The lowest BCUT2D eigenvalue weighted by molar-refractivity contribution is -0.115. The van der Waals surface area contributed by atoms with Gasteiger partial charge in [0.2, 0.25) is 11.1 Å². The van der Waals surface area contributed by atoms with Crippen LogP contribution in [0.5, 0.6) is 0 Å². The molecule has 0 bridgehead atoms. The van der Waals surface area contributed by atoms with Crippen molar-refractivity contribution in [2.24, 2.45) is 0 Å². The van der Waals surface area contributed by atoms with Gasteiger partial charge in [-0.15, -0.1) is 10.2 Å². The molecule has 0 saturated heterocycles. The van der Waals surface area contributed by atoms with E-state index >= 15 is 0 Å². The summed E-state index contributed by atoms with van der Waals surface area (Å²) in [5, 5.41) is 9.81. The lowest BCUT2D eigenvalue weighted by Gasteiger charge is -2.12. The Kier molecular flexibility index (Phi) is 5.36. The zero-order chi connectivity index (χ0) is 19.6. The number of halogens is 3. The van der Waals surface area contributed by atoms with Crippen molar-refractivity contribution in [1.82, 2.24) is 14.9 Å². The molecule has 0 aliphatic carbocycles. The van der Waals surface area contributed by atoms with E-state index in [9.17, 15) is 18.0 Å². The molecule has 0 aliphatic rings. The number of carbonyl (C=O) groups is 1. The standard InChI is InChI=1S/C17H14F3N5OS/c1-9(16(26)22-14-7-6-12(19)8-13(14)20)27-17-24-23-15(25(17)21)10-2-4-11(18)5-3-10/h2-9H,21H2,1H3,(H,22,26)/t9-/m1/s1. The maximum Gasteiger partial charge on any atom is 0.237 e. The Morgan fingerprint density at radius 1 is 1.11 bits per heavy atom. The summed E-state index contributed by atoms with van der Waals surface area (Å²) in [6.45, 7) is 1.58. The molecule has 0 radical (unpaired) electrons. The highest BCUT2D eigenvalue weighted by molar-refractivity contribution is 8.00. The van der Waals surface area contributed by atoms with Crippen LogP contribution in [0, 0.1) is 17.5 Å². The Bertz CT molecular complexity index is 977. The highest BCUT2D eigenvalue weighted by Crippen LogP contribution is 2.26. The fourth-order valence-electron chi connectivity index (χ4n) is 2.19. The molecule has 1 aromatic heterocycles. The Labute approximate surface area is 156 Å². The Balaban J connectivity index is 1.71. The highest BCUT2D eigenvalue weighted by Gasteiger charge is 2.21. The van der Waals surface area contributed by atoms with Crippen LogP contribution in [-0.4, -0.2) is 26.0 Å². The van der Waals surface area contributed by atoms with Crippen LogP contribution in [0.3, 0.4) is 0 Å². The minimum absolute atomic E-state index is 0.130. The van der Waals surface area contributed by atoms with Crippen LogP contribution in [0.25, 0.3) is 11.4 Å². The third kappa shape index (κ3) is 4.22. The molecule has 0 aliphatic heterocycles. The SMILES string of the molecule is C[C@@H](Sc1nnc(-c2ccc(F)cc2)n1N)C(=O)Nc1ccc(F)cc1F. The maximum atomic E-state index is 13.6. The minimum Gasteiger partial charge on any atom is -0.335 e. The molecule has 3 rings (SSSR count). The van der Waals surface area contributed by atoms with E-state index in [2.05, 4.69) is 15.5 Å². The predicted molar refractivity (Wildman–Crippen MR) is 95.9 cm³/mol. The van der Waals surface area contributed by atoms with Crippen LogP contribution in [0.2, 0.25) is 0 Å². The summed E-state index contributed by atoms with van der Waals surface area (Å²) in [5.41, 5.74) is 0.429. The first-order valence-electron chi connectivity index (χ1n) is 7.74. The van der Waals surface area contributed by atoms with Gasteiger partial charge in [-0.3, -0.25) is 4.79 Å². The molecule has 6 nitrogen and oxygen atoms in total. The number of nitrogen functional groups attached to an aromatic ring is 1. The molecular formula is C17H14F3N5OS. The van der Waals surface area contributed by atoms with E-state index in [0.29, 0.717) is 17.5 Å². The summed E-state index contributed by atoms with van der Waals surface area (Å²) in [6, 6.07) is 8.41. The van der Waals surface area contributed by atoms with Gasteiger partial charge in [-0.2, -0.15) is 0 Å². The van der Waals surface area contributed by atoms with E-state index in [4.69, 9.17) is 5.84 Å². The molecule has 0 spiro atoms. The number of nitrogens with zero attached hydrogens (tertiary/aromatic N) is 3. The number of nitrogens with one attached hydrogen (secondary N) is 1.